The Balaban J connectivity index is 0.00000144. The van der Waals surface area contributed by atoms with Gasteiger partial charge in [-0.15, -0.1) is 12.4 Å². The van der Waals surface area contributed by atoms with Crippen molar-refractivity contribution in [3.05, 3.63) is 34.5 Å². The molecule has 1 N–H and O–H groups in total. The number of rotatable bonds is 2. The van der Waals surface area contributed by atoms with Crippen LogP contribution >= 0.6 is 28.3 Å². The molecular weight excluding hydrogens is 368 g/mol. The first-order valence-corrected chi connectivity index (χ1v) is 8.21. The van der Waals surface area contributed by atoms with E-state index in [2.05, 4.69) is 26.1 Å². The second-order valence-electron chi connectivity index (χ2n) is 6.01. The summed E-state index contributed by atoms with van der Waals surface area (Å²) in [7, 11) is 0. The first kappa shape index (κ1) is 15.8. The van der Waals surface area contributed by atoms with Gasteiger partial charge in [0, 0.05) is 22.4 Å². The molecule has 3 aliphatic heterocycles. The molecule has 3 saturated heterocycles. The number of benzene rings is 1. The number of amides is 1. The summed E-state index contributed by atoms with van der Waals surface area (Å²) in [6, 6.07) is 7.84. The number of furan rings is 1. The van der Waals surface area contributed by atoms with Crippen LogP contribution in [0.15, 0.2) is 33.2 Å². The second-order valence-corrected chi connectivity index (χ2v) is 6.93. The summed E-state index contributed by atoms with van der Waals surface area (Å²) < 4.78 is 6.65. The number of hydrogen-bond acceptors (Lipinski definition) is 3. The number of piperidine rings is 3. The largest absolute Gasteiger partial charge is 0.451 e. The maximum absolute atomic E-state index is 12.4. The van der Waals surface area contributed by atoms with E-state index in [0.29, 0.717) is 11.7 Å². The van der Waals surface area contributed by atoms with E-state index in [9.17, 15) is 4.79 Å². The van der Waals surface area contributed by atoms with E-state index in [1.54, 1.807) is 0 Å². The molecule has 4 nitrogen and oxygen atoms in total. The van der Waals surface area contributed by atoms with Crippen molar-refractivity contribution in [1.29, 1.82) is 0 Å². The monoisotopic (exact) mass is 384 g/mol. The topological polar surface area (TPSA) is 45.5 Å². The van der Waals surface area contributed by atoms with Gasteiger partial charge in [-0.05, 0) is 56.1 Å². The van der Waals surface area contributed by atoms with Gasteiger partial charge in [0.15, 0.2) is 5.76 Å². The Kier molecular flexibility index (Phi) is 4.48. The Hall–Kier alpha value is -1.04. The molecule has 3 aliphatic rings. The molecule has 0 unspecified atom stereocenters. The van der Waals surface area contributed by atoms with Crippen LogP contribution < -0.4 is 5.32 Å². The summed E-state index contributed by atoms with van der Waals surface area (Å²) in [4.78, 5) is 14.8. The van der Waals surface area contributed by atoms with Crippen LogP contribution in [0.4, 0.5) is 0 Å². The van der Waals surface area contributed by atoms with Gasteiger partial charge in [0.05, 0.1) is 0 Å². The highest BCUT2D eigenvalue weighted by Gasteiger charge is 2.35. The third kappa shape index (κ3) is 2.90. The van der Waals surface area contributed by atoms with Crippen LogP contribution in [-0.4, -0.2) is 36.5 Å². The minimum atomic E-state index is -0.0962. The maximum atomic E-state index is 12.4. The smallest absolute Gasteiger partial charge is 0.287 e. The van der Waals surface area contributed by atoms with Gasteiger partial charge >= 0.3 is 0 Å². The van der Waals surface area contributed by atoms with Gasteiger partial charge in [0.2, 0.25) is 0 Å². The average molecular weight is 386 g/mol. The Morgan fingerprint density at radius 3 is 2.73 bits per heavy atom. The predicted molar refractivity (Wildman–Crippen MR) is 91.6 cm³/mol. The number of hydrogen-bond donors (Lipinski definition) is 1. The summed E-state index contributed by atoms with van der Waals surface area (Å²) >= 11 is 3.43. The van der Waals surface area contributed by atoms with E-state index in [4.69, 9.17) is 4.42 Å². The van der Waals surface area contributed by atoms with E-state index < -0.39 is 0 Å². The van der Waals surface area contributed by atoms with E-state index in [-0.39, 0.29) is 24.4 Å². The number of fused-ring (bicyclic) bond motifs is 4. The zero-order valence-corrected chi connectivity index (χ0v) is 14.5. The van der Waals surface area contributed by atoms with Gasteiger partial charge < -0.3 is 14.6 Å². The number of halogens is 2. The molecule has 118 valence electrons. The average Bonchev–Trinajstić information content (AvgIpc) is 2.91. The molecule has 0 radical (unpaired) electrons. The number of nitrogens with one attached hydrogen (secondary N) is 1. The van der Waals surface area contributed by atoms with Crippen molar-refractivity contribution < 1.29 is 9.21 Å². The molecule has 6 heteroatoms. The summed E-state index contributed by atoms with van der Waals surface area (Å²) in [6.45, 7) is 3.33. The van der Waals surface area contributed by atoms with Crippen LogP contribution in [0.2, 0.25) is 0 Å². The minimum Gasteiger partial charge on any atom is -0.451 e. The SMILES string of the molecule is Cl.O=C(N[C@H]1CN2CCC1CC2)c1cc2cc(Br)ccc2o1. The number of carbonyl (C=O) groups excluding carboxylic acids is 1. The molecule has 3 fully saturated rings. The Morgan fingerprint density at radius 2 is 2.05 bits per heavy atom. The molecule has 2 aromatic rings. The molecule has 1 atom stereocenters. The van der Waals surface area contributed by atoms with Gasteiger partial charge in [-0.1, -0.05) is 15.9 Å². The van der Waals surface area contributed by atoms with Crippen LogP contribution in [0.5, 0.6) is 0 Å². The van der Waals surface area contributed by atoms with Crippen LogP contribution in [-0.2, 0) is 0 Å². The molecule has 22 heavy (non-hydrogen) atoms. The van der Waals surface area contributed by atoms with Crippen LogP contribution in [0.1, 0.15) is 23.4 Å². The number of nitrogens with zero attached hydrogens (tertiary/aromatic N) is 1. The van der Waals surface area contributed by atoms with Crippen molar-refractivity contribution >= 4 is 45.2 Å². The quantitative estimate of drug-likeness (QED) is 0.861. The molecule has 0 aliphatic carbocycles. The third-order valence-electron chi connectivity index (χ3n) is 4.67. The Labute approximate surface area is 143 Å². The minimum absolute atomic E-state index is 0. The fourth-order valence-electron chi connectivity index (χ4n) is 3.49. The number of carbonyl (C=O) groups is 1. The van der Waals surface area contributed by atoms with Gasteiger partial charge in [-0.25, -0.2) is 0 Å². The molecule has 1 amide bonds. The Bertz CT molecular complexity index is 695. The summed E-state index contributed by atoms with van der Waals surface area (Å²) in [5.74, 6) is 0.929. The van der Waals surface area contributed by atoms with Gasteiger partial charge in [-0.2, -0.15) is 0 Å². The lowest BCUT2D eigenvalue weighted by Gasteiger charge is -2.44. The Morgan fingerprint density at radius 1 is 1.27 bits per heavy atom. The van der Waals surface area contributed by atoms with Crippen molar-refractivity contribution in [3.63, 3.8) is 0 Å². The van der Waals surface area contributed by atoms with Gasteiger partial charge in [0.1, 0.15) is 5.58 Å². The van der Waals surface area contributed by atoms with E-state index >= 15 is 0 Å². The fourth-order valence-corrected chi connectivity index (χ4v) is 3.87. The molecule has 1 aromatic heterocycles. The zero-order valence-electron chi connectivity index (χ0n) is 12.0. The molecule has 4 heterocycles. The lowest BCUT2D eigenvalue weighted by atomic mass is 9.84. The molecule has 0 spiro atoms. The van der Waals surface area contributed by atoms with Crippen LogP contribution in [0.3, 0.4) is 0 Å². The van der Waals surface area contributed by atoms with Crippen molar-refractivity contribution in [2.75, 3.05) is 19.6 Å². The van der Waals surface area contributed by atoms with E-state index in [1.165, 1.54) is 25.9 Å². The van der Waals surface area contributed by atoms with E-state index in [1.807, 2.05) is 24.3 Å². The highest BCUT2D eigenvalue weighted by molar-refractivity contribution is 9.10. The lowest BCUT2D eigenvalue weighted by Crippen LogP contribution is -2.57. The summed E-state index contributed by atoms with van der Waals surface area (Å²) in [5, 5.41) is 4.10. The van der Waals surface area contributed by atoms with E-state index in [0.717, 1.165) is 22.0 Å². The van der Waals surface area contributed by atoms with Crippen LogP contribution in [0, 0.1) is 5.92 Å². The zero-order chi connectivity index (χ0) is 14.4. The third-order valence-corrected chi connectivity index (χ3v) is 5.17. The van der Waals surface area contributed by atoms with Crippen LogP contribution in [0.25, 0.3) is 11.0 Å². The molecular formula is C16H18BrClN2O2. The molecule has 5 rings (SSSR count). The molecule has 1 aromatic carbocycles. The van der Waals surface area contributed by atoms with Gasteiger partial charge in [-0.3, -0.25) is 4.79 Å². The van der Waals surface area contributed by atoms with Crippen molar-refractivity contribution in [1.82, 2.24) is 10.2 Å². The molecule has 0 saturated carbocycles. The van der Waals surface area contributed by atoms with Gasteiger partial charge in [0.25, 0.3) is 5.91 Å². The highest BCUT2D eigenvalue weighted by Crippen LogP contribution is 2.28. The van der Waals surface area contributed by atoms with Crippen molar-refractivity contribution in [2.24, 2.45) is 5.92 Å². The highest BCUT2D eigenvalue weighted by atomic mass is 79.9. The van der Waals surface area contributed by atoms with Crippen molar-refractivity contribution in [2.45, 2.75) is 18.9 Å². The first-order valence-electron chi connectivity index (χ1n) is 7.41. The maximum Gasteiger partial charge on any atom is 0.287 e. The normalized spacial score (nSPS) is 26.7. The summed E-state index contributed by atoms with van der Waals surface area (Å²) in [6.07, 6.45) is 2.38. The van der Waals surface area contributed by atoms with Crippen molar-refractivity contribution in [3.8, 4) is 0 Å². The standard InChI is InChI=1S/C16H17BrN2O2.ClH/c17-12-1-2-14-11(7-12)8-15(21-14)16(20)18-13-9-19-5-3-10(13)4-6-19;/h1-2,7-8,10,13H,3-6,9H2,(H,18,20);1H/t13-;/m0./s1. The molecule has 2 bridgehead atoms. The predicted octanol–water partition coefficient (Wildman–Crippen LogP) is 3.44. The fraction of sp³-hybridized carbons (Fsp3) is 0.438. The second kappa shape index (κ2) is 6.22. The lowest BCUT2D eigenvalue weighted by molar-refractivity contribution is 0.0607. The summed E-state index contributed by atoms with van der Waals surface area (Å²) in [5.41, 5.74) is 0.747. The first-order chi connectivity index (χ1) is 10.2.